The highest BCUT2D eigenvalue weighted by molar-refractivity contribution is 5.80. The van der Waals surface area contributed by atoms with Crippen LogP contribution in [0.4, 0.5) is 0 Å². The SMILES string of the molecule is CC(O)CNC(=O)[C@@H]1CN(C)C[C@@H]1N. The predicted octanol–water partition coefficient (Wildman–Crippen LogP) is -1.63. The second-order valence-corrected chi connectivity index (χ2v) is 4.09. The topological polar surface area (TPSA) is 78.6 Å². The number of nitrogens with two attached hydrogens (primary N) is 1. The molecular formula is C9H19N3O2. The minimum atomic E-state index is -0.505. The summed E-state index contributed by atoms with van der Waals surface area (Å²) in [5.41, 5.74) is 5.81. The highest BCUT2D eigenvalue weighted by Crippen LogP contribution is 2.13. The Morgan fingerprint density at radius 2 is 2.36 bits per heavy atom. The fourth-order valence-electron chi connectivity index (χ4n) is 1.69. The van der Waals surface area contributed by atoms with Gasteiger partial charge < -0.3 is 21.1 Å². The Kier molecular flexibility index (Phi) is 3.86. The maximum atomic E-state index is 11.6. The van der Waals surface area contributed by atoms with Gasteiger partial charge in [-0.1, -0.05) is 0 Å². The van der Waals surface area contributed by atoms with Gasteiger partial charge in [-0.25, -0.2) is 0 Å². The lowest BCUT2D eigenvalue weighted by Gasteiger charge is -2.14. The Morgan fingerprint density at radius 1 is 1.71 bits per heavy atom. The van der Waals surface area contributed by atoms with Gasteiger partial charge in [0.25, 0.3) is 0 Å². The molecule has 1 unspecified atom stereocenters. The van der Waals surface area contributed by atoms with Crippen molar-refractivity contribution >= 4 is 5.91 Å². The lowest BCUT2D eigenvalue weighted by molar-refractivity contribution is -0.125. The Bertz CT molecular complexity index is 208. The number of rotatable bonds is 3. The zero-order valence-electron chi connectivity index (χ0n) is 8.73. The number of nitrogens with zero attached hydrogens (tertiary/aromatic N) is 1. The summed E-state index contributed by atoms with van der Waals surface area (Å²) in [4.78, 5) is 13.6. The number of carbonyl (C=O) groups is 1. The van der Waals surface area contributed by atoms with Crippen LogP contribution in [0.3, 0.4) is 0 Å². The number of hydrogen-bond acceptors (Lipinski definition) is 4. The molecule has 5 heteroatoms. The van der Waals surface area contributed by atoms with Crippen molar-refractivity contribution in [1.82, 2.24) is 10.2 Å². The van der Waals surface area contributed by atoms with Crippen molar-refractivity contribution in [2.24, 2.45) is 11.7 Å². The molecule has 14 heavy (non-hydrogen) atoms. The molecule has 1 heterocycles. The van der Waals surface area contributed by atoms with Crippen LogP contribution in [-0.4, -0.2) is 54.7 Å². The normalized spacial score (nSPS) is 30.3. The van der Waals surface area contributed by atoms with E-state index >= 15 is 0 Å². The van der Waals surface area contributed by atoms with Crippen molar-refractivity contribution in [2.75, 3.05) is 26.7 Å². The summed E-state index contributed by atoms with van der Waals surface area (Å²) in [5, 5.41) is 11.7. The molecule has 1 aliphatic heterocycles. The molecule has 0 aromatic carbocycles. The average Bonchev–Trinajstić information content (AvgIpc) is 2.41. The largest absolute Gasteiger partial charge is 0.392 e. The molecule has 1 rings (SSSR count). The van der Waals surface area contributed by atoms with Crippen LogP contribution >= 0.6 is 0 Å². The summed E-state index contributed by atoms with van der Waals surface area (Å²) in [5.74, 6) is -0.193. The minimum Gasteiger partial charge on any atom is -0.392 e. The van der Waals surface area contributed by atoms with Gasteiger partial charge in [-0.3, -0.25) is 4.79 Å². The van der Waals surface area contributed by atoms with Gasteiger partial charge in [-0.2, -0.15) is 0 Å². The Balaban J connectivity index is 2.37. The van der Waals surface area contributed by atoms with E-state index in [-0.39, 0.29) is 17.9 Å². The summed E-state index contributed by atoms with van der Waals surface area (Å²) in [6.07, 6.45) is -0.505. The van der Waals surface area contributed by atoms with Crippen molar-refractivity contribution < 1.29 is 9.90 Å². The summed E-state index contributed by atoms with van der Waals surface area (Å²) >= 11 is 0. The molecular weight excluding hydrogens is 182 g/mol. The summed E-state index contributed by atoms with van der Waals surface area (Å²) in [6, 6.07) is -0.0889. The lowest BCUT2D eigenvalue weighted by atomic mass is 10.0. The van der Waals surface area contributed by atoms with Gasteiger partial charge in [0, 0.05) is 25.7 Å². The molecule has 4 N–H and O–H groups in total. The van der Waals surface area contributed by atoms with E-state index < -0.39 is 6.10 Å². The average molecular weight is 201 g/mol. The Hall–Kier alpha value is -0.650. The zero-order chi connectivity index (χ0) is 10.7. The van der Waals surface area contributed by atoms with Gasteiger partial charge in [-0.15, -0.1) is 0 Å². The van der Waals surface area contributed by atoms with Crippen LogP contribution in [0.15, 0.2) is 0 Å². The molecule has 5 nitrogen and oxygen atoms in total. The monoisotopic (exact) mass is 201 g/mol. The van der Waals surface area contributed by atoms with Crippen LogP contribution in [0.25, 0.3) is 0 Å². The van der Waals surface area contributed by atoms with E-state index in [9.17, 15) is 4.79 Å². The lowest BCUT2D eigenvalue weighted by Crippen LogP contribution is -2.42. The number of amides is 1. The summed E-state index contributed by atoms with van der Waals surface area (Å²) < 4.78 is 0. The molecule has 1 saturated heterocycles. The van der Waals surface area contributed by atoms with E-state index in [1.807, 2.05) is 11.9 Å². The van der Waals surface area contributed by atoms with Crippen LogP contribution in [0.5, 0.6) is 0 Å². The van der Waals surface area contributed by atoms with Crippen LogP contribution in [0.1, 0.15) is 6.92 Å². The number of aliphatic hydroxyl groups is 1. The first kappa shape index (κ1) is 11.4. The van der Waals surface area contributed by atoms with Crippen molar-refractivity contribution in [3.8, 4) is 0 Å². The van der Waals surface area contributed by atoms with E-state index in [1.54, 1.807) is 6.92 Å². The molecule has 1 aliphatic rings. The molecule has 0 aliphatic carbocycles. The Morgan fingerprint density at radius 3 is 2.79 bits per heavy atom. The van der Waals surface area contributed by atoms with Gasteiger partial charge >= 0.3 is 0 Å². The fourth-order valence-corrected chi connectivity index (χ4v) is 1.69. The molecule has 82 valence electrons. The highest BCUT2D eigenvalue weighted by Gasteiger charge is 2.33. The fraction of sp³-hybridized carbons (Fsp3) is 0.889. The predicted molar refractivity (Wildman–Crippen MR) is 53.7 cm³/mol. The zero-order valence-corrected chi connectivity index (χ0v) is 8.73. The number of likely N-dealkylation sites (tertiary alicyclic amines) is 1. The van der Waals surface area contributed by atoms with Crippen LogP contribution in [-0.2, 0) is 4.79 Å². The third-order valence-electron chi connectivity index (χ3n) is 2.46. The molecule has 0 spiro atoms. The first-order chi connectivity index (χ1) is 6.50. The Labute approximate surface area is 84.3 Å². The summed E-state index contributed by atoms with van der Waals surface area (Å²) in [6.45, 7) is 3.40. The standard InChI is InChI=1S/C9H19N3O2/c1-6(13)3-11-9(14)7-4-12(2)5-8(7)10/h6-8,13H,3-5,10H2,1-2H3,(H,11,14)/t6?,7-,8+/m1/s1. The maximum absolute atomic E-state index is 11.6. The second-order valence-electron chi connectivity index (χ2n) is 4.09. The number of carbonyl (C=O) groups excluding carboxylic acids is 1. The van der Waals surface area contributed by atoms with Crippen LogP contribution in [0, 0.1) is 5.92 Å². The van der Waals surface area contributed by atoms with E-state index in [2.05, 4.69) is 5.32 Å². The maximum Gasteiger partial charge on any atom is 0.226 e. The number of aliphatic hydroxyl groups excluding tert-OH is 1. The molecule has 0 aromatic heterocycles. The van der Waals surface area contributed by atoms with Crippen LogP contribution < -0.4 is 11.1 Å². The molecule has 0 saturated carbocycles. The number of likely N-dealkylation sites (N-methyl/N-ethyl adjacent to an activating group) is 1. The van der Waals surface area contributed by atoms with Crippen molar-refractivity contribution in [3.05, 3.63) is 0 Å². The van der Waals surface area contributed by atoms with E-state index in [0.29, 0.717) is 13.1 Å². The van der Waals surface area contributed by atoms with E-state index in [0.717, 1.165) is 6.54 Å². The first-order valence-corrected chi connectivity index (χ1v) is 4.90. The van der Waals surface area contributed by atoms with Crippen molar-refractivity contribution in [1.29, 1.82) is 0 Å². The molecule has 0 radical (unpaired) electrons. The molecule has 0 aromatic rings. The number of nitrogens with one attached hydrogen (secondary N) is 1. The first-order valence-electron chi connectivity index (χ1n) is 4.90. The van der Waals surface area contributed by atoms with E-state index in [4.69, 9.17) is 10.8 Å². The quantitative estimate of drug-likeness (QED) is 0.512. The van der Waals surface area contributed by atoms with Gasteiger partial charge in [0.15, 0.2) is 0 Å². The van der Waals surface area contributed by atoms with Gasteiger partial charge in [0.1, 0.15) is 0 Å². The smallest absolute Gasteiger partial charge is 0.226 e. The van der Waals surface area contributed by atoms with Gasteiger partial charge in [0.2, 0.25) is 5.91 Å². The molecule has 1 fully saturated rings. The molecule has 0 bridgehead atoms. The highest BCUT2D eigenvalue weighted by atomic mass is 16.3. The van der Waals surface area contributed by atoms with Gasteiger partial charge in [-0.05, 0) is 14.0 Å². The van der Waals surface area contributed by atoms with Crippen molar-refractivity contribution in [3.63, 3.8) is 0 Å². The molecule has 3 atom stereocenters. The third kappa shape index (κ3) is 2.94. The van der Waals surface area contributed by atoms with Crippen molar-refractivity contribution in [2.45, 2.75) is 19.1 Å². The van der Waals surface area contributed by atoms with E-state index in [1.165, 1.54) is 0 Å². The number of hydrogen-bond donors (Lipinski definition) is 3. The molecule has 1 amide bonds. The van der Waals surface area contributed by atoms with Gasteiger partial charge in [0.05, 0.1) is 12.0 Å². The van der Waals surface area contributed by atoms with Crippen LogP contribution in [0.2, 0.25) is 0 Å². The summed E-state index contributed by atoms with van der Waals surface area (Å²) in [7, 11) is 1.95. The second kappa shape index (κ2) is 4.72. The third-order valence-corrected chi connectivity index (χ3v) is 2.46. The minimum absolute atomic E-state index is 0.0530.